The number of methoxy groups -OCH3 is 1. The fourth-order valence-electron chi connectivity index (χ4n) is 5.79. The molecule has 3 N–H and O–H groups in total. The van der Waals surface area contributed by atoms with Crippen molar-refractivity contribution in [3.8, 4) is 5.75 Å². The topological polar surface area (TPSA) is 92.7 Å². The van der Waals surface area contributed by atoms with Gasteiger partial charge in [-0.3, -0.25) is 9.78 Å². The summed E-state index contributed by atoms with van der Waals surface area (Å²) >= 11 is 0. The highest BCUT2D eigenvalue weighted by atomic mass is 19.1. The summed E-state index contributed by atoms with van der Waals surface area (Å²) in [4.78, 5) is 16.8. The molecule has 1 unspecified atom stereocenters. The van der Waals surface area contributed by atoms with Crippen LogP contribution in [-0.4, -0.2) is 61.1 Å². The van der Waals surface area contributed by atoms with Gasteiger partial charge in [-0.15, -0.1) is 0 Å². The minimum absolute atomic E-state index is 0.105. The number of carbonyl (C=O) groups excluding carboxylic acids is 1. The quantitative estimate of drug-likeness (QED) is 0.241. The molecule has 0 aliphatic carbocycles. The van der Waals surface area contributed by atoms with E-state index in [0.29, 0.717) is 60.0 Å². The third-order valence-corrected chi connectivity index (χ3v) is 8.08. The van der Waals surface area contributed by atoms with Crippen LogP contribution in [0.1, 0.15) is 62.5 Å². The lowest BCUT2D eigenvalue weighted by Gasteiger charge is -2.37. The maximum absolute atomic E-state index is 14.9. The first-order valence-corrected chi connectivity index (χ1v) is 14.6. The van der Waals surface area contributed by atoms with Crippen LogP contribution in [0.25, 0.3) is 10.9 Å². The molecule has 1 saturated heterocycles. The van der Waals surface area contributed by atoms with E-state index in [1.807, 2.05) is 6.92 Å². The number of aromatic nitrogens is 1. The zero-order chi connectivity index (χ0) is 30.1. The number of aliphatic hydroxyl groups excluding tert-OH is 1. The van der Waals surface area contributed by atoms with Crippen molar-refractivity contribution in [3.63, 3.8) is 0 Å². The number of halogens is 3. The van der Waals surface area contributed by atoms with Gasteiger partial charge in [-0.1, -0.05) is 6.92 Å². The van der Waals surface area contributed by atoms with Gasteiger partial charge in [0.05, 0.1) is 44.1 Å². The summed E-state index contributed by atoms with van der Waals surface area (Å²) in [6.45, 7) is 2.48. The van der Waals surface area contributed by atoms with Crippen molar-refractivity contribution in [2.45, 2.75) is 76.0 Å². The minimum atomic E-state index is -0.461. The van der Waals surface area contributed by atoms with Gasteiger partial charge in [0.25, 0.3) is 0 Å². The van der Waals surface area contributed by atoms with E-state index in [0.717, 1.165) is 25.0 Å². The number of aliphatic hydroxyl groups is 1. The highest BCUT2D eigenvalue weighted by Crippen LogP contribution is 2.30. The molecule has 228 valence electrons. The SMILES string of the molecule is CCC(CCN[C@@H]1CC[C@@H](CCc2c(F)cnc3ccc(OC)cc23)O[C@@H]1CC(=O)NCCO)c1cc(F)ccc1F. The van der Waals surface area contributed by atoms with Gasteiger partial charge < -0.3 is 25.2 Å². The maximum Gasteiger partial charge on any atom is 0.222 e. The third-order valence-electron chi connectivity index (χ3n) is 8.08. The molecule has 0 spiro atoms. The van der Waals surface area contributed by atoms with Crippen molar-refractivity contribution in [2.24, 2.45) is 0 Å². The molecule has 4 rings (SSSR count). The Labute approximate surface area is 244 Å². The molecule has 1 aromatic heterocycles. The van der Waals surface area contributed by atoms with Crippen LogP contribution in [0.15, 0.2) is 42.6 Å². The Morgan fingerprint density at radius 1 is 1.14 bits per heavy atom. The minimum Gasteiger partial charge on any atom is -0.497 e. The Hall–Kier alpha value is -3.21. The number of nitrogens with one attached hydrogen (secondary N) is 2. The normalized spacial score (nSPS) is 19.5. The molecule has 2 aromatic carbocycles. The van der Waals surface area contributed by atoms with Crippen LogP contribution in [0.2, 0.25) is 0 Å². The van der Waals surface area contributed by atoms with Crippen molar-refractivity contribution in [1.29, 1.82) is 0 Å². The Bertz CT molecular complexity index is 1340. The molecule has 0 radical (unpaired) electrons. The van der Waals surface area contributed by atoms with Gasteiger partial charge in [0.2, 0.25) is 5.91 Å². The Morgan fingerprint density at radius 3 is 2.74 bits per heavy atom. The van der Waals surface area contributed by atoms with E-state index >= 15 is 0 Å². The van der Waals surface area contributed by atoms with Crippen molar-refractivity contribution >= 4 is 16.8 Å². The van der Waals surface area contributed by atoms with Crippen molar-refractivity contribution < 1.29 is 32.5 Å². The number of ether oxygens (including phenoxy) is 2. The van der Waals surface area contributed by atoms with Gasteiger partial charge >= 0.3 is 0 Å². The summed E-state index contributed by atoms with van der Waals surface area (Å²) in [6.07, 6.45) is 4.42. The molecule has 1 amide bonds. The summed E-state index contributed by atoms with van der Waals surface area (Å²) in [5.74, 6) is -1.02. The van der Waals surface area contributed by atoms with E-state index in [9.17, 15) is 18.0 Å². The molecule has 3 aromatic rings. The van der Waals surface area contributed by atoms with Crippen LogP contribution in [0.3, 0.4) is 0 Å². The van der Waals surface area contributed by atoms with Gasteiger partial charge in [-0.05, 0) is 98.5 Å². The third kappa shape index (κ3) is 8.20. The largest absolute Gasteiger partial charge is 0.497 e. The molecule has 1 aliphatic rings. The van der Waals surface area contributed by atoms with Crippen LogP contribution in [0.4, 0.5) is 13.2 Å². The number of amides is 1. The summed E-state index contributed by atoms with van der Waals surface area (Å²) in [5.41, 5.74) is 1.60. The van der Waals surface area contributed by atoms with Gasteiger partial charge in [0.15, 0.2) is 0 Å². The number of benzene rings is 2. The van der Waals surface area contributed by atoms with Crippen LogP contribution in [0, 0.1) is 17.5 Å². The number of hydrogen-bond acceptors (Lipinski definition) is 6. The highest BCUT2D eigenvalue weighted by Gasteiger charge is 2.33. The molecule has 0 saturated carbocycles. The average Bonchev–Trinajstić information content (AvgIpc) is 2.99. The van der Waals surface area contributed by atoms with Gasteiger partial charge in [-0.25, -0.2) is 13.2 Å². The first-order chi connectivity index (χ1) is 20.3. The molecule has 10 heteroatoms. The second-order valence-corrected chi connectivity index (χ2v) is 10.8. The predicted octanol–water partition coefficient (Wildman–Crippen LogP) is 5.18. The standard InChI is InChI=1S/C32H40F3N3O4/c1-3-20(25-16-21(33)4-9-27(25)34)12-13-36-30-11-6-22(42-31(30)18-32(40)37-14-15-39)5-8-24-26-17-23(41-2)7-10-29(26)38-19-28(24)35/h4,7,9-10,16-17,19-20,22,30-31,36,39H,3,5-6,8,11-15,18H2,1-2H3,(H,37,40)/t20?,22-,30-,31-/m1/s1. The van der Waals surface area contributed by atoms with E-state index in [1.165, 1.54) is 12.3 Å². The Kier molecular flexibility index (Phi) is 11.6. The molecule has 1 aliphatic heterocycles. The molecule has 1 fully saturated rings. The fraction of sp³-hybridized carbons (Fsp3) is 0.500. The lowest BCUT2D eigenvalue weighted by atomic mass is 9.91. The molecular weight excluding hydrogens is 547 g/mol. The lowest BCUT2D eigenvalue weighted by Crippen LogP contribution is -2.49. The summed E-state index contributed by atoms with van der Waals surface area (Å²) in [6, 6.07) is 8.80. The van der Waals surface area contributed by atoms with Crippen LogP contribution in [-0.2, 0) is 16.0 Å². The van der Waals surface area contributed by atoms with E-state index in [1.54, 1.807) is 25.3 Å². The fourth-order valence-corrected chi connectivity index (χ4v) is 5.79. The number of carbonyl (C=O) groups is 1. The number of nitrogens with zero attached hydrogens (tertiary/aromatic N) is 1. The highest BCUT2D eigenvalue weighted by molar-refractivity contribution is 5.83. The maximum atomic E-state index is 14.9. The second-order valence-electron chi connectivity index (χ2n) is 10.8. The van der Waals surface area contributed by atoms with Crippen LogP contribution in [0.5, 0.6) is 5.75 Å². The smallest absolute Gasteiger partial charge is 0.222 e. The zero-order valence-electron chi connectivity index (χ0n) is 24.2. The molecule has 7 nitrogen and oxygen atoms in total. The van der Waals surface area contributed by atoms with Crippen molar-refractivity contribution in [3.05, 3.63) is 71.2 Å². The zero-order valence-corrected chi connectivity index (χ0v) is 24.2. The molecule has 4 atom stereocenters. The molecule has 2 heterocycles. The van der Waals surface area contributed by atoms with E-state index in [-0.39, 0.29) is 49.4 Å². The van der Waals surface area contributed by atoms with E-state index < -0.39 is 17.7 Å². The monoisotopic (exact) mass is 587 g/mol. The van der Waals surface area contributed by atoms with E-state index in [4.69, 9.17) is 14.6 Å². The van der Waals surface area contributed by atoms with E-state index in [2.05, 4.69) is 15.6 Å². The summed E-state index contributed by atoms with van der Waals surface area (Å²) in [5, 5.41) is 16.0. The van der Waals surface area contributed by atoms with Crippen LogP contribution < -0.4 is 15.4 Å². The lowest BCUT2D eigenvalue weighted by molar-refractivity contribution is -0.129. The first-order valence-electron chi connectivity index (χ1n) is 14.6. The first kappa shape index (κ1) is 31.7. The number of fused-ring (bicyclic) bond motifs is 1. The van der Waals surface area contributed by atoms with Crippen LogP contribution >= 0.6 is 0 Å². The average molecular weight is 588 g/mol. The summed E-state index contributed by atoms with van der Waals surface area (Å²) in [7, 11) is 1.56. The van der Waals surface area contributed by atoms with Gasteiger partial charge in [0, 0.05) is 18.0 Å². The number of pyridine rings is 1. The van der Waals surface area contributed by atoms with Gasteiger partial charge in [-0.2, -0.15) is 0 Å². The summed E-state index contributed by atoms with van der Waals surface area (Å²) < 4.78 is 54.8. The molecular formula is C32H40F3N3O4. The Morgan fingerprint density at radius 2 is 1.98 bits per heavy atom. The van der Waals surface area contributed by atoms with Crippen molar-refractivity contribution in [1.82, 2.24) is 15.6 Å². The van der Waals surface area contributed by atoms with Gasteiger partial charge in [0.1, 0.15) is 23.2 Å². The second kappa shape index (κ2) is 15.3. The Balaban J connectivity index is 1.41. The predicted molar refractivity (Wildman–Crippen MR) is 155 cm³/mol. The number of rotatable bonds is 14. The number of hydrogen-bond donors (Lipinski definition) is 3. The molecule has 0 bridgehead atoms. The van der Waals surface area contributed by atoms with Crippen molar-refractivity contribution in [2.75, 3.05) is 26.8 Å². The number of aryl methyl sites for hydroxylation is 1. The molecule has 42 heavy (non-hydrogen) atoms.